The fourth-order valence-electron chi connectivity index (χ4n) is 2.22. The molecule has 0 spiro atoms. The Hall–Kier alpha value is -2.04. The lowest BCUT2D eigenvalue weighted by Gasteiger charge is -2.18. The summed E-state index contributed by atoms with van der Waals surface area (Å²) in [6.45, 7) is 5.65. The summed E-state index contributed by atoms with van der Waals surface area (Å²) in [4.78, 5) is 23.1. The molecule has 0 heterocycles. The molecule has 0 N–H and O–H groups in total. The van der Waals surface area contributed by atoms with Crippen LogP contribution in [0.15, 0.2) is 24.3 Å². The molecule has 0 aliphatic heterocycles. The van der Waals surface area contributed by atoms with E-state index in [9.17, 15) is 9.59 Å². The van der Waals surface area contributed by atoms with Crippen LogP contribution in [0.4, 0.5) is 4.79 Å². The van der Waals surface area contributed by atoms with Crippen LogP contribution < -0.4 is 0 Å². The summed E-state index contributed by atoms with van der Waals surface area (Å²) < 4.78 is 14.8. The fourth-order valence-corrected chi connectivity index (χ4v) is 2.22. The molecular weight excluding hydrogens is 296 g/mol. The molecule has 0 aliphatic carbocycles. The lowest BCUT2D eigenvalue weighted by atomic mass is 10.1. The number of rotatable bonds is 8. The van der Waals surface area contributed by atoms with E-state index in [0.29, 0.717) is 12.0 Å². The Labute approximate surface area is 137 Å². The van der Waals surface area contributed by atoms with Gasteiger partial charge in [-0.2, -0.15) is 0 Å². The molecule has 0 radical (unpaired) electrons. The maximum Gasteiger partial charge on any atom is 0.508 e. The number of methoxy groups -OCH3 is 1. The highest BCUT2D eigenvalue weighted by Gasteiger charge is 2.17. The Morgan fingerprint density at radius 2 is 1.65 bits per heavy atom. The van der Waals surface area contributed by atoms with Gasteiger partial charge in [0.25, 0.3) is 0 Å². The molecule has 128 valence electrons. The minimum atomic E-state index is -0.737. The molecule has 0 amide bonds. The Kier molecular flexibility index (Phi) is 8.16. The van der Waals surface area contributed by atoms with Crippen molar-refractivity contribution in [3.05, 3.63) is 35.4 Å². The summed E-state index contributed by atoms with van der Waals surface area (Å²) in [5.41, 5.74) is 1.75. The summed E-state index contributed by atoms with van der Waals surface area (Å²) in [6, 6.07) is 7.49. The Bertz CT molecular complexity index is 495. The highest BCUT2D eigenvalue weighted by atomic mass is 16.7. The first-order chi connectivity index (χ1) is 11.0. The fraction of sp³-hybridized carbons (Fsp3) is 0.556. The minimum absolute atomic E-state index is 0.359. The summed E-state index contributed by atoms with van der Waals surface area (Å²) in [6.07, 6.45) is 2.23. The number of hydrogen-bond acceptors (Lipinski definition) is 5. The molecule has 2 unspecified atom stereocenters. The maximum atomic E-state index is 12.1. The van der Waals surface area contributed by atoms with Gasteiger partial charge in [-0.15, -0.1) is 0 Å². The lowest BCUT2D eigenvalue weighted by molar-refractivity contribution is 0.00601. The Morgan fingerprint density at radius 3 is 2.22 bits per heavy atom. The number of unbranched alkanes of at least 4 members (excludes halogenated alkanes) is 1. The zero-order valence-electron chi connectivity index (χ0n) is 14.3. The van der Waals surface area contributed by atoms with E-state index < -0.39 is 6.16 Å². The standard InChI is InChI=1S/C18H26O5/c1-5-6-7-15-8-10-16(11-9-15)17(19)22-13(2)12-14(3)23-18(20)21-4/h8-11,13-14H,5-7,12H2,1-4H3. The van der Waals surface area contributed by atoms with E-state index in [1.165, 1.54) is 12.7 Å². The van der Waals surface area contributed by atoms with Crippen molar-refractivity contribution in [2.75, 3.05) is 7.11 Å². The van der Waals surface area contributed by atoms with Gasteiger partial charge >= 0.3 is 12.1 Å². The largest absolute Gasteiger partial charge is 0.508 e. The van der Waals surface area contributed by atoms with E-state index in [2.05, 4.69) is 11.7 Å². The molecule has 5 heteroatoms. The van der Waals surface area contributed by atoms with Gasteiger partial charge in [-0.25, -0.2) is 9.59 Å². The van der Waals surface area contributed by atoms with Crippen LogP contribution in [0.3, 0.4) is 0 Å². The van der Waals surface area contributed by atoms with Crippen LogP contribution in [0.25, 0.3) is 0 Å². The second-order valence-electron chi connectivity index (χ2n) is 5.63. The van der Waals surface area contributed by atoms with Crippen molar-refractivity contribution in [1.29, 1.82) is 0 Å². The van der Waals surface area contributed by atoms with E-state index in [1.807, 2.05) is 12.1 Å². The van der Waals surface area contributed by atoms with Gasteiger partial charge in [-0.3, -0.25) is 0 Å². The number of hydrogen-bond donors (Lipinski definition) is 0. The van der Waals surface area contributed by atoms with Crippen molar-refractivity contribution in [3.63, 3.8) is 0 Å². The molecule has 0 saturated heterocycles. The van der Waals surface area contributed by atoms with Crippen molar-refractivity contribution in [3.8, 4) is 0 Å². The highest BCUT2D eigenvalue weighted by Crippen LogP contribution is 2.12. The predicted molar refractivity (Wildman–Crippen MR) is 87.5 cm³/mol. The van der Waals surface area contributed by atoms with E-state index in [-0.39, 0.29) is 18.2 Å². The minimum Gasteiger partial charge on any atom is -0.459 e. The molecule has 5 nitrogen and oxygen atoms in total. The first kappa shape index (κ1) is 19.0. The molecule has 1 rings (SSSR count). The summed E-state index contributed by atoms with van der Waals surface area (Å²) in [7, 11) is 1.25. The van der Waals surface area contributed by atoms with Gasteiger partial charge in [0.05, 0.1) is 12.7 Å². The second-order valence-corrected chi connectivity index (χ2v) is 5.63. The van der Waals surface area contributed by atoms with E-state index in [1.54, 1.807) is 26.0 Å². The van der Waals surface area contributed by atoms with Crippen LogP contribution in [0.5, 0.6) is 0 Å². The molecule has 23 heavy (non-hydrogen) atoms. The molecular formula is C18H26O5. The number of esters is 1. The average molecular weight is 322 g/mol. The molecule has 0 fully saturated rings. The lowest BCUT2D eigenvalue weighted by Crippen LogP contribution is -2.23. The first-order valence-corrected chi connectivity index (χ1v) is 8.00. The monoisotopic (exact) mass is 322 g/mol. The zero-order valence-corrected chi connectivity index (χ0v) is 14.3. The van der Waals surface area contributed by atoms with Crippen LogP contribution in [0.2, 0.25) is 0 Å². The number of carbonyl (C=O) groups is 2. The van der Waals surface area contributed by atoms with Gasteiger partial charge in [0.15, 0.2) is 0 Å². The first-order valence-electron chi connectivity index (χ1n) is 8.00. The maximum absolute atomic E-state index is 12.1. The quantitative estimate of drug-likeness (QED) is 0.673. The molecule has 0 aliphatic rings. The average Bonchev–Trinajstić information content (AvgIpc) is 2.52. The van der Waals surface area contributed by atoms with Crippen LogP contribution in [0.1, 0.15) is 56.0 Å². The SMILES string of the molecule is CCCCc1ccc(C(=O)OC(C)CC(C)OC(=O)OC)cc1. The Morgan fingerprint density at radius 1 is 1.04 bits per heavy atom. The zero-order chi connectivity index (χ0) is 17.2. The summed E-state index contributed by atoms with van der Waals surface area (Å²) >= 11 is 0. The van der Waals surface area contributed by atoms with Gasteiger partial charge in [-0.1, -0.05) is 25.5 Å². The van der Waals surface area contributed by atoms with Gasteiger partial charge in [-0.05, 0) is 44.4 Å². The van der Waals surface area contributed by atoms with E-state index >= 15 is 0 Å². The van der Waals surface area contributed by atoms with Gasteiger partial charge < -0.3 is 14.2 Å². The van der Waals surface area contributed by atoms with Crippen molar-refractivity contribution in [1.82, 2.24) is 0 Å². The van der Waals surface area contributed by atoms with Crippen molar-refractivity contribution in [2.24, 2.45) is 0 Å². The normalized spacial score (nSPS) is 13.0. The van der Waals surface area contributed by atoms with Crippen LogP contribution in [-0.4, -0.2) is 31.4 Å². The van der Waals surface area contributed by atoms with Gasteiger partial charge in [0, 0.05) is 6.42 Å². The molecule has 0 aromatic heterocycles. The van der Waals surface area contributed by atoms with E-state index in [4.69, 9.17) is 9.47 Å². The summed E-state index contributed by atoms with van der Waals surface area (Å²) in [5, 5.41) is 0. The third-order valence-corrected chi connectivity index (χ3v) is 3.44. The third-order valence-electron chi connectivity index (χ3n) is 3.44. The van der Waals surface area contributed by atoms with Crippen molar-refractivity contribution < 1.29 is 23.8 Å². The predicted octanol–water partition coefficient (Wildman–Crippen LogP) is 4.14. The molecule has 1 aromatic carbocycles. The molecule has 2 atom stereocenters. The van der Waals surface area contributed by atoms with Crippen molar-refractivity contribution >= 4 is 12.1 Å². The smallest absolute Gasteiger partial charge is 0.459 e. The topological polar surface area (TPSA) is 61.8 Å². The van der Waals surface area contributed by atoms with E-state index in [0.717, 1.165) is 19.3 Å². The molecule has 0 bridgehead atoms. The summed E-state index contributed by atoms with van der Waals surface area (Å²) in [5.74, 6) is -0.371. The van der Waals surface area contributed by atoms with Crippen LogP contribution in [0, 0.1) is 0 Å². The molecule has 0 saturated carbocycles. The number of benzene rings is 1. The van der Waals surface area contributed by atoms with Crippen LogP contribution >= 0.6 is 0 Å². The van der Waals surface area contributed by atoms with Crippen molar-refractivity contribution in [2.45, 2.75) is 58.7 Å². The van der Waals surface area contributed by atoms with Crippen LogP contribution in [-0.2, 0) is 20.6 Å². The highest BCUT2D eigenvalue weighted by molar-refractivity contribution is 5.89. The number of carbonyl (C=O) groups excluding carboxylic acids is 2. The number of aryl methyl sites for hydroxylation is 1. The Balaban J connectivity index is 2.46. The van der Waals surface area contributed by atoms with Gasteiger partial charge in [0.1, 0.15) is 12.2 Å². The van der Waals surface area contributed by atoms with Gasteiger partial charge in [0.2, 0.25) is 0 Å². The second kappa shape index (κ2) is 9.87. The third kappa shape index (κ3) is 7.17. The number of ether oxygens (including phenoxy) is 3. The molecule has 1 aromatic rings.